The van der Waals surface area contributed by atoms with Crippen LogP contribution >= 0.6 is 23.3 Å². The lowest BCUT2D eigenvalue weighted by atomic mass is 10.3. The molecule has 0 aliphatic rings. The highest BCUT2D eigenvalue weighted by Crippen LogP contribution is 2.37. The first-order chi connectivity index (χ1) is 9.81. The van der Waals surface area contributed by atoms with Crippen LogP contribution in [0, 0.1) is 0 Å². The summed E-state index contributed by atoms with van der Waals surface area (Å²) in [7, 11) is 0. The minimum atomic E-state index is -4.81. The van der Waals surface area contributed by atoms with Crippen LogP contribution in [0.25, 0.3) is 0 Å². The van der Waals surface area contributed by atoms with Gasteiger partial charge in [-0.05, 0) is 6.42 Å². The van der Waals surface area contributed by atoms with Crippen LogP contribution in [0.15, 0.2) is 10.7 Å². The number of carbonyl (C=O) groups is 1. The molecular weight excluding hydrogens is 329 g/mol. The summed E-state index contributed by atoms with van der Waals surface area (Å²) in [6.07, 6.45) is -1.96. The molecular formula is C10H9F3N4O2S2. The van der Waals surface area contributed by atoms with Crippen LogP contribution in [0.5, 0.6) is 0 Å². The van der Waals surface area contributed by atoms with Crippen molar-refractivity contribution in [2.45, 2.75) is 30.3 Å². The smallest absolute Gasteiger partial charge is 0.435 e. The zero-order valence-corrected chi connectivity index (χ0v) is 12.2. The molecule has 0 aromatic carbocycles. The fourth-order valence-electron chi connectivity index (χ4n) is 1.42. The van der Waals surface area contributed by atoms with Crippen LogP contribution in [0.3, 0.4) is 0 Å². The number of aromatic nitrogens is 4. The Morgan fingerprint density at radius 3 is 2.76 bits per heavy atom. The minimum Gasteiger partial charge on any atom is -0.477 e. The summed E-state index contributed by atoms with van der Waals surface area (Å²) in [4.78, 5) is 17.3. The van der Waals surface area contributed by atoms with Gasteiger partial charge in [-0.1, -0.05) is 18.3 Å². The van der Waals surface area contributed by atoms with Gasteiger partial charge in [0.25, 0.3) is 0 Å². The molecule has 0 bridgehead atoms. The highest BCUT2D eigenvalue weighted by molar-refractivity contribution is 7.99. The van der Waals surface area contributed by atoms with Crippen molar-refractivity contribution < 1.29 is 23.1 Å². The molecule has 1 N–H and O–H groups in total. The summed E-state index contributed by atoms with van der Waals surface area (Å²) < 4.78 is 39.3. The van der Waals surface area contributed by atoms with Crippen molar-refractivity contribution in [3.8, 4) is 0 Å². The molecule has 0 aliphatic carbocycles. The molecule has 0 fully saturated rings. The van der Waals surface area contributed by atoms with E-state index in [1.54, 1.807) is 0 Å². The van der Waals surface area contributed by atoms with E-state index in [2.05, 4.69) is 15.1 Å². The summed E-state index contributed by atoms with van der Waals surface area (Å²) in [5, 5.41) is 12.9. The minimum absolute atomic E-state index is 0.0623. The zero-order valence-electron chi connectivity index (χ0n) is 10.6. The third-order valence-electron chi connectivity index (χ3n) is 2.24. The number of rotatable bonds is 5. The van der Waals surface area contributed by atoms with E-state index >= 15 is 0 Å². The van der Waals surface area contributed by atoms with Gasteiger partial charge in [0.1, 0.15) is 11.2 Å². The van der Waals surface area contributed by atoms with Crippen LogP contribution in [0.4, 0.5) is 13.2 Å². The molecule has 114 valence electrons. The van der Waals surface area contributed by atoms with E-state index in [1.807, 2.05) is 6.92 Å². The van der Waals surface area contributed by atoms with E-state index in [1.165, 1.54) is 10.4 Å². The maximum absolute atomic E-state index is 12.7. The highest BCUT2D eigenvalue weighted by atomic mass is 32.2. The Morgan fingerprint density at radius 2 is 2.24 bits per heavy atom. The summed E-state index contributed by atoms with van der Waals surface area (Å²) in [5.74, 6) is -1.09. The second kappa shape index (κ2) is 6.02. The van der Waals surface area contributed by atoms with E-state index in [-0.39, 0.29) is 4.34 Å². The molecule has 0 saturated heterocycles. The molecule has 0 atom stereocenters. The van der Waals surface area contributed by atoms with Crippen LogP contribution in [-0.2, 0) is 12.6 Å². The molecule has 0 aliphatic heterocycles. The average molecular weight is 338 g/mol. The Labute approximate surface area is 125 Å². The second-order valence-corrected chi connectivity index (χ2v) is 6.07. The molecule has 0 saturated carbocycles. The summed E-state index contributed by atoms with van der Waals surface area (Å²) in [6, 6.07) is 0. The van der Waals surface area contributed by atoms with Crippen LogP contribution in [-0.4, -0.2) is 30.2 Å². The summed E-state index contributed by atoms with van der Waals surface area (Å²) in [6.45, 7) is 1.95. The largest absolute Gasteiger partial charge is 0.477 e. The van der Waals surface area contributed by atoms with Crippen molar-refractivity contribution >= 4 is 29.3 Å². The number of nitrogens with zero attached hydrogens (tertiary/aromatic N) is 4. The number of halogens is 3. The first-order valence-electron chi connectivity index (χ1n) is 5.71. The predicted octanol–water partition coefficient (Wildman–Crippen LogP) is 2.96. The maximum atomic E-state index is 12.7. The van der Waals surface area contributed by atoms with Gasteiger partial charge in [0.05, 0.1) is 0 Å². The number of alkyl halides is 3. The van der Waals surface area contributed by atoms with E-state index in [0.717, 1.165) is 18.4 Å². The molecule has 0 unspecified atom stereocenters. The quantitative estimate of drug-likeness (QED) is 0.903. The SMILES string of the molecule is CCCc1ncn(Sc2nc(C(F)(F)F)c(C(=O)O)s2)n1. The average Bonchev–Trinajstić information content (AvgIpc) is 2.96. The van der Waals surface area contributed by atoms with E-state index in [4.69, 9.17) is 5.11 Å². The number of carboxylic acids is 1. The molecule has 0 amide bonds. The van der Waals surface area contributed by atoms with Crippen molar-refractivity contribution in [3.63, 3.8) is 0 Å². The van der Waals surface area contributed by atoms with Gasteiger partial charge in [-0.2, -0.15) is 17.3 Å². The Kier molecular flexibility index (Phi) is 4.52. The fourth-order valence-corrected chi connectivity index (χ4v) is 3.23. The molecule has 6 nitrogen and oxygen atoms in total. The number of aryl methyl sites for hydroxylation is 1. The van der Waals surface area contributed by atoms with E-state index in [0.29, 0.717) is 23.6 Å². The Balaban J connectivity index is 2.26. The fraction of sp³-hybridized carbons (Fsp3) is 0.400. The van der Waals surface area contributed by atoms with Crippen molar-refractivity contribution in [3.05, 3.63) is 22.7 Å². The topological polar surface area (TPSA) is 80.9 Å². The number of hydrogen-bond donors (Lipinski definition) is 1. The van der Waals surface area contributed by atoms with E-state index < -0.39 is 22.7 Å². The third-order valence-corrected chi connectivity index (χ3v) is 4.16. The number of carboxylic acid groups (broad SMARTS) is 1. The summed E-state index contributed by atoms with van der Waals surface area (Å²) >= 11 is 1.25. The van der Waals surface area contributed by atoms with Crippen molar-refractivity contribution in [1.82, 2.24) is 19.2 Å². The van der Waals surface area contributed by atoms with Crippen molar-refractivity contribution in [2.75, 3.05) is 0 Å². The molecule has 0 spiro atoms. The predicted molar refractivity (Wildman–Crippen MR) is 69.3 cm³/mol. The molecule has 2 aromatic heterocycles. The lowest BCUT2D eigenvalue weighted by Gasteiger charge is -2.02. The van der Waals surface area contributed by atoms with Gasteiger partial charge in [-0.25, -0.2) is 14.8 Å². The Hall–Kier alpha value is -1.62. The van der Waals surface area contributed by atoms with Gasteiger partial charge in [0, 0.05) is 18.4 Å². The lowest BCUT2D eigenvalue weighted by Crippen LogP contribution is -2.11. The first kappa shape index (κ1) is 15.8. The zero-order chi connectivity index (χ0) is 15.6. The van der Waals surface area contributed by atoms with Gasteiger partial charge in [-0.3, -0.25) is 0 Å². The van der Waals surface area contributed by atoms with Crippen LogP contribution < -0.4 is 0 Å². The molecule has 2 aromatic rings. The van der Waals surface area contributed by atoms with Crippen molar-refractivity contribution in [2.24, 2.45) is 0 Å². The van der Waals surface area contributed by atoms with Crippen LogP contribution in [0.2, 0.25) is 0 Å². The molecule has 11 heteroatoms. The molecule has 2 heterocycles. The Bertz CT molecular complexity index is 653. The molecule has 21 heavy (non-hydrogen) atoms. The monoisotopic (exact) mass is 338 g/mol. The molecule has 2 rings (SSSR count). The summed E-state index contributed by atoms with van der Waals surface area (Å²) in [5.41, 5.74) is -1.39. The second-order valence-electron chi connectivity index (χ2n) is 3.87. The van der Waals surface area contributed by atoms with Crippen LogP contribution in [0.1, 0.15) is 34.5 Å². The highest BCUT2D eigenvalue weighted by Gasteiger charge is 2.39. The normalized spacial score (nSPS) is 11.8. The first-order valence-corrected chi connectivity index (χ1v) is 7.30. The third kappa shape index (κ3) is 3.73. The Morgan fingerprint density at radius 1 is 1.52 bits per heavy atom. The standard InChI is InChI=1S/C10H9F3N4O2S2/c1-2-3-5-14-4-17(16-5)21-9-15-7(10(11,12)13)6(20-9)8(18)19/h4H,2-3H2,1H3,(H,18,19). The van der Waals surface area contributed by atoms with E-state index in [9.17, 15) is 18.0 Å². The molecule has 0 radical (unpaired) electrons. The maximum Gasteiger partial charge on any atom is 0.435 e. The van der Waals surface area contributed by atoms with Gasteiger partial charge in [0.2, 0.25) is 0 Å². The van der Waals surface area contributed by atoms with Gasteiger partial charge < -0.3 is 5.11 Å². The van der Waals surface area contributed by atoms with Gasteiger partial charge in [-0.15, -0.1) is 5.10 Å². The van der Waals surface area contributed by atoms with Crippen molar-refractivity contribution in [1.29, 1.82) is 0 Å². The number of thiazole rings is 1. The van der Waals surface area contributed by atoms with Gasteiger partial charge >= 0.3 is 12.1 Å². The number of hydrogen-bond acceptors (Lipinski definition) is 6. The van der Waals surface area contributed by atoms with Gasteiger partial charge in [0.15, 0.2) is 15.9 Å². The number of aromatic carboxylic acids is 1. The lowest BCUT2D eigenvalue weighted by molar-refractivity contribution is -0.141.